The van der Waals surface area contributed by atoms with Crippen LogP contribution in [-0.2, 0) is 9.53 Å². The molecule has 5 heteroatoms. The van der Waals surface area contributed by atoms with E-state index in [1.54, 1.807) is 6.92 Å². The van der Waals surface area contributed by atoms with Gasteiger partial charge in [-0.05, 0) is 38.0 Å². The molecule has 1 aliphatic rings. The van der Waals surface area contributed by atoms with E-state index >= 15 is 0 Å². The van der Waals surface area contributed by atoms with Crippen LogP contribution in [0.3, 0.4) is 0 Å². The number of ether oxygens (including phenoxy) is 1. The first-order chi connectivity index (χ1) is 10.1. The van der Waals surface area contributed by atoms with Crippen LogP contribution in [0.15, 0.2) is 18.2 Å². The normalized spacial score (nSPS) is 18.0. The fourth-order valence-electron chi connectivity index (χ4n) is 2.61. The molecule has 116 valence electrons. The van der Waals surface area contributed by atoms with E-state index < -0.39 is 11.9 Å². The molecule has 1 aromatic rings. The van der Waals surface area contributed by atoms with Gasteiger partial charge in [-0.15, -0.1) is 0 Å². The summed E-state index contributed by atoms with van der Waals surface area (Å²) >= 11 is 0. The van der Waals surface area contributed by atoms with Gasteiger partial charge in [0.05, 0.1) is 17.5 Å². The molecule has 21 heavy (non-hydrogen) atoms. The zero-order valence-corrected chi connectivity index (χ0v) is 12.4. The van der Waals surface area contributed by atoms with E-state index in [0.29, 0.717) is 5.69 Å². The summed E-state index contributed by atoms with van der Waals surface area (Å²) < 4.78 is 18.8. The Morgan fingerprint density at radius 3 is 2.62 bits per heavy atom. The van der Waals surface area contributed by atoms with Gasteiger partial charge in [0.2, 0.25) is 0 Å². The second-order valence-corrected chi connectivity index (χ2v) is 5.61. The largest absolute Gasteiger partial charge is 0.397 e. The van der Waals surface area contributed by atoms with Crippen LogP contribution in [0.1, 0.15) is 45.4 Å². The highest BCUT2D eigenvalue weighted by atomic mass is 19.1. The molecule has 0 heterocycles. The van der Waals surface area contributed by atoms with Gasteiger partial charge in [0, 0.05) is 0 Å². The standard InChI is InChI=1S/C16H23FN2O2/c1-11(21-13-6-4-2-3-5-7-13)16(20)19-15-9-8-12(17)10-14(15)18/h8-11,13H,2-7,18H2,1H3,(H,19,20). The summed E-state index contributed by atoms with van der Waals surface area (Å²) in [4.78, 5) is 12.1. The first-order valence-electron chi connectivity index (χ1n) is 7.57. The van der Waals surface area contributed by atoms with Gasteiger partial charge in [0.15, 0.2) is 0 Å². The second kappa shape index (κ2) is 7.41. The topological polar surface area (TPSA) is 64.3 Å². The first kappa shape index (κ1) is 15.8. The van der Waals surface area contributed by atoms with Crippen LogP contribution in [0, 0.1) is 5.82 Å². The maximum Gasteiger partial charge on any atom is 0.253 e. The van der Waals surface area contributed by atoms with Crippen LogP contribution < -0.4 is 11.1 Å². The molecule has 0 bridgehead atoms. The van der Waals surface area contributed by atoms with E-state index in [-0.39, 0.29) is 17.7 Å². The molecule has 0 aliphatic heterocycles. The lowest BCUT2D eigenvalue weighted by atomic mass is 10.1. The highest BCUT2D eigenvalue weighted by Gasteiger charge is 2.21. The van der Waals surface area contributed by atoms with E-state index in [4.69, 9.17) is 10.5 Å². The van der Waals surface area contributed by atoms with Crippen molar-refractivity contribution in [3.05, 3.63) is 24.0 Å². The van der Waals surface area contributed by atoms with Gasteiger partial charge in [-0.3, -0.25) is 4.79 Å². The molecule has 0 radical (unpaired) electrons. The van der Waals surface area contributed by atoms with Gasteiger partial charge in [-0.1, -0.05) is 25.7 Å². The molecule has 0 saturated heterocycles. The summed E-state index contributed by atoms with van der Waals surface area (Å²) in [6.07, 6.45) is 6.43. The number of nitrogens with two attached hydrogens (primary N) is 1. The summed E-state index contributed by atoms with van der Waals surface area (Å²) in [5.74, 6) is -0.675. The number of benzene rings is 1. The quantitative estimate of drug-likeness (QED) is 0.660. The van der Waals surface area contributed by atoms with Crippen molar-refractivity contribution >= 4 is 17.3 Å². The maximum absolute atomic E-state index is 13.0. The van der Waals surface area contributed by atoms with E-state index in [2.05, 4.69) is 5.32 Å². The molecule has 1 amide bonds. The summed E-state index contributed by atoms with van der Waals surface area (Å²) in [5.41, 5.74) is 6.31. The summed E-state index contributed by atoms with van der Waals surface area (Å²) in [6, 6.07) is 3.91. The Bertz CT molecular complexity index is 485. The van der Waals surface area contributed by atoms with E-state index in [1.807, 2.05) is 0 Å². The Kier molecular flexibility index (Phi) is 5.56. The SMILES string of the molecule is CC(OC1CCCCCC1)C(=O)Nc1ccc(F)cc1N. The monoisotopic (exact) mass is 294 g/mol. The molecule has 1 aromatic carbocycles. The van der Waals surface area contributed by atoms with Gasteiger partial charge in [-0.25, -0.2) is 4.39 Å². The average Bonchev–Trinajstić information content (AvgIpc) is 2.70. The lowest BCUT2D eigenvalue weighted by molar-refractivity contribution is -0.130. The van der Waals surface area contributed by atoms with Crippen LogP contribution >= 0.6 is 0 Å². The number of hydrogen-bond donors (Lipinski definition) is 2. The number of nitrogen functional groups attached to an aromatic ring is 1. The average molecular weight is 294 g/mol. The van der Waals surface area contributed by atoms with Crippen LogP contribution in [-0.4, -0.2) is 18.1 Å². The van der Waals surface area contributed by atoms with Crippen LogP contribution in [0.2, 0.25) is 0 Å². The molecule has 0 spiro atoms. The van der Waals surface area contributed by atoms with Crippen LogP contribution in [0.5, 0.6) is 0 Å². The lowest BCUT2D eigenvalue weighted by Gasteiger charge is -2.21. The van der Waals surface area contributed by atoms with Crippen molar-refractivity contribution in [1.29, 1.82) is 0 Å². The number of anilines is 2. The molecule has 2 rings (SSSR count). The second-order valence-electron chi connectivity index (χ2n) is 5.61. The van der Waals surface area contributed by atoms with Crippen LogP contribution in [0.25, 0.3) is 0 Å². The van der Waals surface area contributed by atoms with Gasteiger partial charge in [0.25, 0.3) is 5.91 Å². The Balaban J connectivity index is 1.89. The minimum atomic E-state index is -0.544. The van der Waals surface area contributed by atoms with Crippen LogP contribution in [0.4, 0.5) is 15.8 Å². The van der Waals surface area contributed by atoms with E-state index in [0.717, 1.165) is 25.7 Å². The predicted octanol–water partition coefficient (Wildman–Crippen LogP) is 3.47. The smallest absolute Gasteiger partial charge is 0.253 e. The van der Waals surface area contributed by atoms with Crippen molar-refractivity contribution in [2.45, 2.75) is 57.7 Å². The van der Waals surface area contributed by atoms with Crippen molar-refractivity contribution in [3.63, 3.8) is 0 Å². The molecule has 3 N–H and O–H groups in total. The third-order valence-electron chi connectivity index (χ3n) is 3.84. The fraction of sp³-hybridized carbons (Fsp3) is 0.562. The van der Waals surface area contributed by atoms with E-state index in [9.17, 15) is 9.18 Å². The minimum Gasteiger partial charge on any atom is -0.397 e. The molecule has 1 saturated carbocycles. The Labute approximate surface area is 124 Å². The molecule has 1 aliphatic carbocycles. The van der Waals surface area contributed by atoms with Gasteiger partial charge in [-0.2, -0.15) is 0 Å². The molecular formula is C16H23FN2O2. The zero-order valence-electron chi connectivity index (χ0n) is 12.4. The lowest BCUT2D eigenvalue weighted by Crippen LogP contribution is -2.31. The Morgan fingerprint density at radius 2 is 2.00 bits per heavy atom. The molecule has 1 fully saturated rings. The molecular weight excluding hydrogens is 271 g/mol. The van der Waals surface area contributed by atoms with Crippen molar-refractivity contribution in [1.82, 2.24) is 0 Å². The number of amides is 1. The summed E-state index contributed by atoms with van der Waals surface area (Å²) in [6.45, 7) is 1.74. The zero-order chi connectivity index (χ0) is 15.2. The van der Waals surface area contributed by atoms with Crippen molar-refractivity contribution in [3.8, 4) is 0 Å². The fourth-order valence-corrected chi connectivity index (χ4v) is 2.61. The molecule has 1 unspecified atom stereocenters. The highest BCUT2D eigenvalue weighted by Crippen LogP contribution is 2.22. The number of carbonyl (C=O) groups is 1. The Hall–Kier alpha value is -1.62. The third kappa shape index (κ3) is 4.70. The van der Waals surface area contributed by atoms with E-state index in [1.165, 1.54) is 31.0 Å². The third-order valence-corrected chi connectivity index (χ3v) is 3.84. The summed E-state index contributed by atoms with van der Waals surface area (Å²) in [7, 11) is 0. The number of rotatable bonds is 4. The number of nitrogens with one attached hydrogen (secondary N) is 1. The molecule has 0 aromatic heterocycles. The number of halogens is 1. The Morgan fingerprint density at radius 1 is 1.33 bits per heavy atom. The maximum atomic E-state index is 13.0. The minimum absolute atomic E-state index is 0.152. The van der Waals surface area contributed by atoms with Gasteiger partial charge < -0.3 is 15.8 Å². The first-order valence-corrected chi connectivity index (χ1v) is 7.57. The van der Waals surface area contributed by atoms with Crippen molar-refractivity contribution < 1.29 is 13.9 Å². The predicted molar refractivity (Wildman–Crippen MR) is 81.5 cm³/mol. The van der Waals surface area contributed by atoms with Gasteiger partial charge >= 0.3 is 0 Å². The number of carbonyl (C=O) groups excluding carboxylic acids is 1. The van der Waals surface area contributed by atoms with Crippen molar-refractivity contribution in [2.24, 2.45) is 0 Å². The summed E-state index contributed by atoms with van der Waals surface area (Å²) in [5, 5.41) is 2.69. The van der Waals surface area contributed by atoms with Gasteiger partial charge in [0.1, 0.15) is 11.9 Å². The number of hydrogen-bond acceptors (Lipinski definition) is 3. The van der Waals surface area contributed by atoms with Crippen molar-refractivity contribution in [2.75, 3.05) is 11.1 Å². The molecule has 1 atom stereocenters. The molecule has 4 nitrogen and oxygen atoms in total. The highest BCUT2D eigenvalue weighted by molar-refractivity contribution is 5.96.